The second-order valence-electron chi connectivity index (χ2n) is 1.23. The van der Waals surface area contributed by atoms with Gasteiger partial charge in [-0.2, -0.15) is 0 Å². The Morgan fingerprint density at radius 3 is 2.57 bits per heavy atom. The monoisotopic (exact) mass is 120 g/mol. The first-order valence-corrected chi connectivity index (χ1v) is 3.57. The van der Waals surface area contributed by atoms with Gasteiger partial charge in [-0.1, -0.05) is 13.8 Å². The topological polar surface area (TPSA) is 9.23 Å². The van der Waals surface area contributed by atoms with Crippen LogP contribution in [0.25, 0.3) is 0 Å². The van der Waals surface area contributed by atoms with Gasteiger partial charge >= 0.3 is 0 Å². The van der Waals surface area contributed by atoms with E-state index in [9.17, 15) is 0 Å². The molecule has 0 bridgehead atoms. The summed E-state index contributed by atoms with van der Waals surface area (Å²) >= 11 is 1.53. The fourth-order valence-corrected chi connectivity index (χ4v) is 0.677. The van der Waals surface area contributed by atoms with Crippen LogP contribution in [0.4, 0.5) is 0 Å². The molecule has 1 nitrogen and oxygen atoms in total. The van der Waals surface area contributed by atoms with E-state index in [2.05, 4.69) is 13.8 Å². The average molecular weight is 120 g/mol. The van der Waals surface area contributed by atoms with E-state index >= 15 is 0 Å². The molecule has 7 heavy (non-hydrogen) atoms. The fourth-order valence-electron chi connectivity index (χ4n) is 0.226. The van der Waals surface area contributed by atoms with Crippen LogP contribution < -0.4 is 0 Å². The Hall–Kier alpha value is 0.310. The van der Waals surface area contributed by atoms with Crippen molar-refractivity contribution in [2.45, 2.75) is 20.3 Å². The smallest absolute Gasteiger partial charge is 0.0611 e. The Bertz CT molecular complexity index is 27.3. The van der Waals surface area contributed by atoms with Gasteiger partial charge in [0.05, 0.1) is 6.61 Å². The van der Waals surface area contributed by atoms with Crippen LogP contribution in [0.5, 0.6) is 0 Å². The van der Waals surface area contributed by atoms with Crippen molar-refractivity contribution in [2.24, 2.45) is 0 Å². The molecule has 0 aliphatic carbocycles. The molecule has 2 heteroatoms. The van der Waals surface area contributed by atoms with Gasteiger partial charge in [-0.25, -0.2) is 0 Å². The third-order valence-electron chi connectivity index (χ3n) is 0.489. The van der Waals surface area contributed by atoms with Crippen LogP contribution in [-0.2, 0) is 4.18 Å². The van der Waals surface area contributed by atoms with Gasteiger partial charge in [0, 0.05) is 5.75 Å². The van der Waals surface area contributed by atoms with Crippen molar-refractivity contribution in [1.82, 2.24) is 0 Å². The molecule has 0 unspecified atom stereocenters. The largest absolute Gasteiger partial charge is 0.315 e. The lowest BCUT2D eigenvalue weighted by atomic mass is 10.5. The summed E-state index contributed by atoms with van der Waals surface area (Å²) in [5, 5.41) is 0. The molecule has 0 rings (SSSR count). The van der Waals surface area contributed by atoms with Crippen molar-refractivity contribution in [1.29, 1.82) is 0 Å². The van der Waals surface area contributed by atoms with E-state index in [0.29, 0.717) is 0 Å². The first kappa shape index (κ1) is 7.31. The lowest BCUT2D eigenvalue weighted by molar-refractivity contribution is 0.374. The normalized spacial score (nSPS) is 9.43. The van der Waals surface area contributed by atoms with E-state index in [0.717, 1.165) is 18.8 Å². The van der Waals surface area contributed by atoms with Gasteiger partial charge in [0.1, 0.15) is 0 Å². The van der Waals surface area contributed by atoms with E-state index < -0.39 is 0 Å². The Labute approximate surface area is 49.6 Å². The van der Waals surface area contributed by atoms with Crippen LogP contribution >= 0.6 is 12.0 Å². The Morgan fingerprint density at radius 2 is 2.14 bits per heavy atom. The van der Waals surface area contributed by atoms with Crippen LogP contribution in [0.15, 0.2) is 0 Å². The highest BCUT2D eigenvalue weighted by atomic mass is 32.2. The van der Waals surface area contributed by atoms with Crippen LogP contribution in [0.1, 0.15) is 20.3 Å². The van der Waals surface area contributed by atoms with E-state index in [1.165, 1.54) is 12.0 Å². The standard InChI is InChI=1S/C5H12OS/c1-3-5-6-7-4-2/h3-5H2,1-2H3. The predicted octanol–water partition coefficient (Wildman–Crippen LogP) is 2.08. The van der Waals surface area contributed by atoms with Crippen LogP contribution in [0, 0.1) is 0 Å². The molecule has 0 aliphatic heterocycles. The minimum atomic E-state index is 0.887. The average Bonchev–Trinajstić information content (AvgIpc) is 1.69. The van der Waals surface area contributed by atoms with Crippen molar-refractivity contribution in [2.75, 3.05) is 12.4 Å². The minimum Gasteiger partial charge on any atom is -0.315 e. The van der Waals surface area contributed by atoms with Crippen molar-refractivity contribution in [3.05, 3.63) is 0 Å². The molecule has 0 saturated heterocycles. The summed E-state index contributed by atoms with van der Waals surface area (Å²) in [6.45, 7) is 5.08. The van der Waals surface area contributed by atoms with E-state index in [1.54, 1.807) is 0 Å². The summed E-state index contributed by atoms with van der Waals surface area (Å²) < 4.78 is 5.05. The summed E-state index contributed by atoms with van der Waals surface area (Å²) in [4.78, 5) is 0. The van der Waals surface area contributed by atoms with E-state index in [4.69, 9.17) is 4.18 Å². The van der Waals surface area contributed by atoms with Gasteiger partial charge in [-0.15, -0.1) is 0 Å². The van der Waals surface area contributed by atoms with Gasteiger partial charge in [-0.05, 0) is 18.5 Å². The molecular formula is C5H12OS. The van der Waals surface area contributed by atoms with E-state index in [-0.39, 0.29) is 0 Å². The van der Waals surface area contributed by atoms with Crippen molar-refractivity contribution in [3.8, 4) is 0 Å². The highest BCUT2D eigenvalue weighted by Gasteiger charge is 1.79. The number of hydrogen-bond acceptors (Lipinski definition) is 2. The first-order chi connectivity index (χ1) is 3.41. The van der Waals surface area contributed by atoms with Crippen molar-refractivity contribution >= 4 is 12.0 Å². The SMILES string of the molecule is CCCOSCC. The molecule has 0 spiro atoms. The lowest BCUT2D eigenvalue weighted by Crippen LogP contribution is -1.81. The zero-order valence-electron chi connectivity index (χ0n) is 4.94. The van der Waals surface area contributed by atoms with Gasteiger partial charge < -0.3 is 4.18 Å². The molecule has 0 aliphatic rings. The quantitative estimate of drug-likeness (QED) is 0.415. The molecule has 0 amide bonds. The second-order valence-corrected chi connectivity index (χ2v) is 2.28. The Kier molecular flexibility index (Phi) is 6.59. The molecule has 0 N–H and O–H groups in total. The van der Waals surface area contributed by atoms with Crippen LogP contribution in [-0.4, -0.2) is 12.4 Å². The molecule has 0 aromatic rings. The number of rotatable bonds is 4. The van der Waals surface area contributed by atoms with E-state index in [1.807, 2.05) is 0 Å². The van der Waals surface area contributed by atoms with Gasteiger partial charge in [0.2, 0.25) is 0 Å². The summed E-state index contributed by atoms with van der Waals surface area (Å²) in [6.07, 6.45) is 1.12. The molecule has 0 aromatic heterocycles. The molecule has 0 saturated carbocycles. The first-order valence-electron chi connectivity index (χ1n) is 2.66. The number of hydrogen-bond donors (Lipinski definition) is 0. The maximum atomic E-state index is 5.05. The highest BCUT2D eigenvalue weighted by Crippen LogP contribution is 1.99. The van der Waals surface area contributed by atoms with Gasteiger partial charge in [0.15, 0.2) is 0 Å². The van der Waals surface area contributed by atoms with Crippen molar-refractivity contribution in [3.63, 3.8) is 0 Å². The summed E-state index contributed by atoms with van der Waals surface area (Å²) in [5.41, 5.74) is 0. The molecule has 0 radical (unpaired) electrons. The lowest BCUT2D eigenvalue weighted by Gasteiger charge is -1.93. The molecular weight excluding hydrogens is 108 g/mol. The zero-order valence-corrected chi connectivity index (χ0v) is 5.75. The van der Waals surface area contributed by atoms with Crippen LogP contribution in [0.3, 0.4) is 0 Å². The zero-order chi connectivity index (χ0) is 5.54. The summed E-state index contributed by atoms with van der Waals surface area (Å²) in [5.74, 6) is 1.06. The third-order valence-corrected chi connectivity index (χ3v) is 1.06. The van der Waals surface area contributed by atoms with Gasteiger partial charge in [0.25, 0.3) is 0 Å². The molecule has 0 fully saturated rings. The maximum absolute atomic E-state index is 5.05. The van der Waals surface area contributed by atoms with Crippen LogP contribution in [0.2, 0.25) is 0 Å². The summed E-state index contributed by atoms with van der Waals surface area (Å²) in [6, 6.07) is 0. The third kappa shape index (κ3) is 6.31. The summed E-state index contributed by atoms with van der Waals surface area (Å²) in [7, 11) is 0. The van der Waals surface area contributed by atoms with Crippen molar-refractivity contribution < 1.29 is 4.18 Å². The fraction of sp³-hybridized carbons (Fsp3) is 1.00. The molecule has 0 atom stereocenters. The second kappa shape index (κ2) is 6.31. The Morgan fingerprint density at radius 1 is 1.43 bits per heavy atom. The molecule has 0 heterocycles. The molecule has 44 valence electrons. The van der Waals surface area contributed by atoms with Gasteiger partial charge in [-0.3, -0.25) is 0 Å². The minimum absolute atomic E-state index is 0.887. The predicted molar refractivity (Wildman–Crippen MR) is 34.4 cm³/mol. The molecule has 0 aromatic carbocycles. The maximum Gasteiger partial charge on any atom is 0.0611 e. The highest BCUT2D eigenvalue weighted by molar-refractivity contribution is 7.94. The Balaban J connectivity index is 2.45.